The zero-order valence-electron chi connectivity index (χ0n) is 15.4. The zero-order chi connectivity index (χ0) is 19.1. The van der Waals surface area contributed by atoms with Gasteiger partial charge in [0.25, 0.3) is 0 Å². The number of nitrogens with zero attached hydrogens (tertiary/aromatic N) is 2. The molecule has 0 saturated heterocycles. The molecule has 1 fully saturated rings. The minimum atomic E-state index is -0.499. The molecule has 2 unspecified atom stereocenters. The van der Waals surface area contributed by atoms with Crippen LogP contribution >= 0.6 is 23.1 Å². The van der Waals surface area contributed by atoms with E-state index in [0.29, 0.717) is 16.9 Å². The molecule has 0 spiro atoms. The summed E-state index contributed by atoms with van der Waals surface area (Å²) in [6.07, 6.45) is 5.19. The maximum absolute atomic E-state index is 12.2. The molecule has 0 bridgehead atoms. The van der Waals surface area contributed by atoms with Crippen molar-refractivity contribution < 1.29 is 9.59 Å². The van der Waals surface area contributed by atoms with E-state index in [1.165, 1.54) is 22.2 Å². The van der Waals surface area contributed by atoms with Gasteiger partial charge in [0.05, 0.1) is 10.6 Å². The van der Waals surface area contributed by atoms with Crippen molar-refractivity contribution in [1.82, 2.24) is 20.6 Å². The Morgan fingerprint density at radius 2 is 2.07 bits per heavy atom. The van der Waals surface area contributed by atoms with Gasteiger partial charge < -0.3 is 11.1 Å². The maximum Gasteiger partial charge on any atom is 0.321 e. The number of nitrogens with two attached hydrogens (primary N) is 1. The van der Waals surface area contributed by atoms with Crippen LogP contribution in [0, 0.1) is 5.92 Å². The van der Waals surface area contributed by atoms with Crippen LogP contribution in [-0.4, -0.2) is 33.2 Å². The summed E-state index contributed by atoms with van der Waals surface area (Å²) in [5, 5.41) is 6.06. The number of aromatic nitrogens is 2. The fourth-order valence-corrected chi connectivity index (χ4v) is 5.50. The summed E-state index contributed by atoms with van der Waals surface area (Å²) in [6.45, 7) is 4.00. The molecule has 0 aliphatic heterocycles. The average molecular weight is 406 g/mol. The van der Waals surface area contributed by atoms with Gasteiger partial charge in [-0.3, -0.25) is 10.1 Å². The summed E-state index contributed by atoms with van der Waals surface area (Å²) >= 11 is 2.90. The van der Waals surface area contributed by atoms with Gasteiger partial charge in [0, 0.05) is 10.9 Å². The Morgan fingerprint density at radius 1 is 1.30 bits per heavy atom. The van der Waals surface area contributed by atoms with E-state index in [1.54, 1.807) is 18.3 Å². The molecule has 2 aromatic heterocycles. The highest BCUT2D eigenvalue weighted by molar-refractivity contribution is 8.00. The maximum atomic E-state index is 12.2. The zero-order valence-corrected chi connectivity index (χ0v) is 17.0. The van der Waals surface area contributed by atoms with Gasteiger partial charge in [0.2, 0.25) is 5.91 Å². The van der Waals surface area contributed by atoms with Gasteiger partial charge in [-0.05, 0) is 50.5 Å². The molecule has 3 amide bonds. The standard InChI is InChI=1S/C18H23N5O2S2/c1-8-3-6-11-12(7-8)27-16-13(11)14(19)21-18(23-16)26-9(2)15(24)22-17(25)20-10-4-5-10/h8-10H,3-7H2,1-2H3,(H2,19,21,23)(H2,20,22,24,25). The van der Waals surface area contributed by atoms with Gasteiger partial charge in [-0.15, -0.1) is 11.3 Å². The number of aryl methyl sites for hydroxylation is 1. The van der Waals surface area contributed by atoms with Gasteiger partial charge >= 0.3 is 6.03 Å². The van der Waals surface area contributed by atoms with Crippen LogP contribution in [0.4, 0.5) is 10.6 Å². The van der Waals surface area contributed by atoms with Crippen LogP contribution in [0.15, 0.2) is 5.16 Å². The van der Waals surface area contributed by atoms with Crippen molar-refractivity contribution in [2.45, 2.75) is 62.4 Å². The normalized spacial score (nSPS) is 20.1. The average Bonchev–Trinajstić information content (AvgIpc) is 3.32. The van der Waals surface area contributed by atoms with E-state index in [0.717, 1.165) is 42.3 Å². The molecule has 0 radical (unpaired) electrons. The minimum Gasteiger partial charge on any atom is -0.383 e. The van der Waals surface area contributed by atoms with Crippen molar-refractivity contribution >= 4 is 51.1 Å². The Bertz CT molecular complexity index is 909. The summed E-state index contributed by atoms with van der Waals surface area (Å²) in [5.74, 6) is 0.799. The predicted octanol–water partition coefficient (Wildman–Crippen LogP) is 2.87. The van der Waals surface area contributed by atoms with Crippen molar-refractivity contribution in [2.75, 3.05) is 5.73 Å². The van der Waals surface area contributed by atoms with Gasteiger partial charge in [-0.25, -0.2) is 14.8 Å². The molecular weight excluding hydrogens is 382 g/mol. The van der Waals surface area contributed by atoms with E-state index in [1.807, 2.05) is 0 Å². The Kier molecular flexibility index (Phi) is 4.98. The third kappa shape index (κ3) is 4.03. The van der Waals surface area contributed by atoms with Crippen molar-refractivity contribution in [3.8, 4) is 0 Å². The van der Waals surface area contributed by atoms with Crippen LogP contribution in [0.1, 0.15) is 43.6 Å². The lowest BCUT2D eigenvalue weighted by atomic mass is 9.89. The number of hydrogen-bond acceptors (Lipinski definition) is 7. The Hall–Kier alpha value is -1.87. The summed E-state index contributed by atoms with van der Waals surface area (Å²) in [5.41, 5.74) is 7.53. The Balaban J connectivity index is 1.48. The number of amides is 3. The second-order valence-corrected chi connectivity index (χ2v) is 9.81. The summed E-state index contributed by atoms with van der Waals surface area (Å²) in [4.78, 5) is 35.3. The molecule has 2 atom stereocenters. The van der Waals surface area contributed by atoms with Gasteiger partial charge in [0.15, 0.2) is 5.16 Å². The third-order valence-corrected chi connectivity index (χ3v) is 7.07. The first-order valence-corrected chi connectivity index (χ1v) is 11.0. The molecule has 144 valence electrons. The second kappa shape index (κ2) is 7.27. The second-order valence-electron chi connectivity index (χ2n) is 7.42. The van der Waals surface area contributed by atoms with Crippen molar-refractivity contribution in [3.05, 3.63) is 10.4 Å². The molecule has 4 N–H and O–H groups in total. The highest BCUT2D eigenvalue weighted by atomic mass is 32.2. The molecule has 9 heteroatoms. The van der Waals surface area contributed by atoms with Crippen LogP contribution in [0.3, 0.4) is 0 Å². The third-order valence-electron chi connectivity index (χ3n) is 4.96. The van der Waals surface area contributed by atoms with Crippen LogP contribution in [0.25, 0.3) is 10.2 Å². The first kappa shape index (κ1) is 18.5. The van der Waals surface area contributed by atoms with E-state index < -0.39 is 11.3 Å². The first-order valence-electron chi connectivity index (χ1n) is 9.26. The lowest BCUT2D eigenvalue weighted by molar-refractivity contribution is -0.119. The van der Waals surface area contributed by atoms with Crippen molar-refractivity contribution in [3.63, 3.8) is 0 Å². The van der Waals surface area contributed by atoms with Gasteiger partial charge in [-0.2, -0.15) is 0 Å². The smallest absolute Gasteiger partial charge is 0.321 e. The minimum absolute atomic E-state index is 0.207. The van der Waals surface area contributed by atoms with Crippen LogP contribution in [-0.2, 0) is 17.6 Å². The van der Waals surface area contributed by atoms with E-state index in [-0.39, 0.29) is 11.9 Å². The van der Waals surface area contributed by atoms with Crippen LogP contribution in [0.5, 0.6) is 0 Å². The fourth-order valence-electron chi connectivity index (χ4n) is 3.28. The van der Waals surface area contributed by atoms with Crippen molar-refractivity contribution in [1.29, 1.82) is 0 Å². The fraction of sp³-hybridized carbons (Fsp3) is 0.556. The predicted molar refractivity (Wildman–Crippen MR) is 108 cm³/mol. The molecule has 4 rings (SSSR count). The number of thioether (sulfide) groups is 1. The topological polar surface area (TPSA) is 110 Å². The molecule has 1 saturated carbocycles. The van der Waals surface area contributed by atoms with E-state index in [4.69, 9.17) is 5.73 Å². The Morgan fingerprint density at radius 3 is 2.81 bits per heavy atom. The van der Waals surface area contributed by atoms with Gasteiger partial charge in [-0.1, -0.05) is 18.7 Å². The first-order chi connectivity index (χ1) is 12.9. The number of fused-ring (bicyclic) bond motifs is 3. The molecule has 2 aliphatic carbocycles. The molecule has 0 aromatic carbocycles. The SMILES string of the molecule is CC1CCc2c(sc3nc(SC(C)C(=O)NC(=O)NC4CC4)nc(N)c23)C1. The van der Waals surface area contributed by atoms with Crippen LogP contribution < -0.4 is 16.4 Å². The lowest BCUT2D eigenvalue weighted by Gasteiger charge is -2.17. The number of imide groups is 1. The molecular formula is C18H23N5O2S2. The Labute approximate surface area is 165 Å². The highest BCUT2D eigenvalue weighted by Crippen LogP contribution is 2.40. The number of rotatable bonds is 4. The number of carbonyl (C=O) groups excluding carboxylic acids is 2. The number of carbonyl (C=O) groups is 2. The summed E-state index contributed by atoms with van der Waals surface area (Å²) in [6, 6.07) is -0.232. The van der Waals surface area contributed by atoms with E-state index in [2.05, 4.69) is 27.5 Å². The number of anilines is 1. The molecule has 2 aromatic rings. The summed E-state index contributed by atoms with van der Waals surface area (Å²) < 4.78 is 0. The molecule has 2 aliphatic rings. The number of nitrogen functional groups attached to an aromatic ring is 1. The number of nitrogens with one attached hydrogen (secondary N) is 2. The van der Waals surface area contributed by atoms with Crippen LogP contribution in [0.2, 0.25) is 0 Å². The highest BCUT2D eigenvalue weighted by Gasteiger charge is 2.26. The van der Waals surface area contributed by atoms with E-state index in [9.17, 15) is 9.59 Å². The number of hydrogen-bond donors (Lipinski definition) is 3. The molecule has 2 heterocycles. The van der Waals surface area contributed by atoms with Crippen molar-refractivity contribution in [2.24, 2.45) is 5.92 Å². The quantitative estimate of drug-likeness (QED) is 0.533. The van der Waals surface area contributed by atoms with Gasteiger partial charge in [0.1, 0.15) is 10.6 Å². The summed E-state index contributed by atoms with van der Waals surface area (Å²) in [7, 11) is 0. The molecule has 27 heavy (non-hydrogen) atoms. The number of urea groups is 1. The lowest BCUT2D eigenvalue weighted by Crippen LogP contribution is -2.43. The molecule has 7 nitrogen and oxygen atoms in total. The van der Waals surface area contributed by atoms with E-state index >= 15 is 0 Å². The monoisotopic (exact) mass is 405 g/mol. The number of thiophene rings is 1. The largest absolute Gasteiger partial charge is 0.383 e.